The number of nitrogens with zero attached hydrogens (tertiary/aromatic N) is 3. The fourth-order valence-corrected chi connectivity index (χ4v) is 4.58. The molecule has 2 aliphatic heterocycles. The lowest BCUT2D eigenvalue weighted by atomic mass is 10.0. The fourth-order valence-electron chi connectivity index (χ4n) is 4.58. The molecule has 2 heterocycles. The van der Waals surface area contributed by atoms with E-state index in [0.29, 0.717) is 12.1 Å². The summed E-state index contributed by atoms with van der Waals surface area (Å²) in [6, 6.07) is 14.7. The number of piperidine rings is 1. The van der Waals surface area contributed by atoms with Gasteiger partial charge in [-0.15, -0.1) is 0 Å². The highest BCUT2D eigenvalue weighted by Gasteiger charge is 2.29. The van der Waals surface area contributed by atoms with Crippen molar-refractivity contribution in [1.82, 2.24) is 9.80 Å². The summed E-state index contributed by atoms with van der Waals surface area (Å²) in [5, 5.41) is 0. The smallest absolute Gasteiger partial charge is 0.123 e. The standard InChI is InChI=1S/C23H29F2N3/c1-18(19-2-4-20(24)5-3-19)26-14-16-28(17-15-26)23-10-12-27(13-11-23)22-8-6-21(25)7-9-22/h2-9,18,23H,10-17H2,1H3. The third kappa shape index (κ3) is 4.36. The Hall–Kier alpha value is -1.98. The first-order chi connectivity index (χ1) is 13.6. The number of rotatable bonds is 4. The van der Waals surface area contributed by atoms with E-state index >= 15 is 0 Å². The number of hydrogen-bond acceptors (Lipinski definition) is 3. The van der Waals surface area contributed by atoms with Crippen LogP contribution < -0.4 is 4.90 Å². The number of halogens is 2. The summed E-state index contributed by atoms with van der Waals surface area (Å²) in [7, 11) is 0. The molecule has 3 nitrogen and oxygen atoms in total. The summed E-state index contributed by atoms with van der Waals surface area (Å²) >= 11 is 0. The van der Waals surface area contributed by atoms with E-state index in [9.17, 15) is 8.78 Å². The van der Waals surface area contributed by atoms with E-state index in [1.807, 2.05) is 24.3 Å². The molecule has 1 unspecified atom stereocenters. The largest absolute Gasteiger partial charge is 0.371 e. The van der Waals surface area contributed by atoms with Crippen molar-refractivity contribution in [3.63, 3.8) is 0 Å². The van der Waals surface area contributed by atoms with E-state index in [0.717, 1.165) is 57.8 Å². The van der Waals surface area contributed by atoms with Crippen molar-refractivity contribution >= 4 is 5.69 Å². The van der Waals surface area contributed by atoms with Gasteiger partial charge in [-0.25, -0.2) is 8.78 Å². The van der Waals surface area contributed by atoms with Gasteiger partial charge >= 0.3 is 0 Å². The summed E-state index contributed by atoms with van der Waals surface area (Å²) in [6.07, 6.45) is 2.32. The van der Waals surface area contributed by atoms with Gasteiger partial charge in [0.2, 0.25) is 0 Å². The van der Waals surface area contributed by atoms with Crippen molar-refractivity contribution in [1.29, 1.82) is 0 Å². The molecule has 4 rings (SSSR count). The first-order valence-electron chi connectivity index (χ1n) is 10.3. The van der Waals surface area contributed by atoms with Crippen LogP contribution in [0.1, 0.15) is 31.4 Å². The third-order valence-electron chi connectivity index (χ3n) is 6.42. The number of piperazine rings is 1. The van der Waals surface area contributed by atoms with Crippen molar-refractivity contribution in [2.24, 2.45) is 0 Å². The lowest BCUT2D eigenvalue weighted by Gasteiger charge is -2.44. The van der Waals surface area contributed by atoms with Gasteiger partial charge in [-0.05, 0) is 61.7 Å². The van der Waals surface area contributed by atoms with Gasteiger partial charge in [0.1, 0.15) is 11.6 Å². The Morgan fingerprint density at radius 3 is 1.86 bits per heavy atom. The van der Waals surface area contributed by atoms with Gasteiger partial charge in [0.05, 0.1) is 0 Å². The quantitative estimate of drug-likeness (QED) is 0.776. The Labute approximate surface area is 166 Å². The van der Waals surface area contributed by atoms with Crippen LogP contribution in [0.15, 0.2) is 48.5 Å². The van der Waals surface area contributed by atoms with Gasteiger partial charge in [-0.3, -0.25) is 9.80 Å². The van der Waals surface area contributed by atoms with E-state index in [4.69, 9.17) is 0 Å². The highest BCUT2D eigenvalue weighted by Crippen LogP contribution is 2.26. The van der Waals surface area contributed by atoms with Crippen LogP contribution in [-0.4, -0.2) is 55.1 Å². The summed E-state index contributed by atoms with van der Waals surface area (Å²) in [5.74, 6) is -0.348. The van der Waals surface area contributed by atoms with Gasteiger partial charge < -0.3 is 4.90 Å². The molecule has 1 atom stereocenters. The monoisotopic (exact) mass is 385 g/mol. The molecule has 2 fully saturated rings. The molecule has 0 spiro atoms. The average molecular weight is 386 g/mol. The van der Waals surface area contributed by atoms with Crippen molar-refractivity contribution < 1.29 is 8.78 Å². The maximum Gasteiger partial charge on any atom is 0.123 e. The lowest BCUT2D eigenvalue weighted by Crippen LogP contribution is -2.53. The van der Waals surface area contributed by atoms with Crippen LogP contribution in [0.25, 0.3) is 0 Å². The maximum atomic E-state index is 13.2. The van der Waals surface area contributed by atoms with Gasteiger partial charge in [0.15, 0.2) is 0 Å². The van der Waals surface area contributed by atoms with E-state index in [1.54, 1.807) is 24.3 Å². The Balaban J connectivity index is 1.26. The zero-order chi connectivity index (χ0) is 19.5. The molecule has 2 aliphatic rings. The molecule has 28 heavy (non-hydrogen) atoms. The second kappa shape index (κ2) is 8.58. The molecule has 0 bridgehead atoms. The maximum absolute atomic E-state index is 13.2. The molecule has 0 N–H and O–H groups in total. The average Bonchev–Trinajstić information content (AvgIpc) is 2.75. The fraction of sp³-hybridized carbons (Fsp3) is 0.478. The Morgan fingerprint density at radius 2 is 1.29 bits per heavy atom. The molecular weight excluding hydrogens is 356 g/mol. The minimum atomic E-state index is -0.175. The van der Waals surface area contributed by atoms with E-state index in [1.165, 1.54) is 5.56 Å². The predicted molar refractivity (Wildman–Crippen MR) is 110 cm³/mol. The summed E-state index contributed by atoms with van der Waals surface area (Å²) < 4.78 is 26.3. The minimum absolute atomic E-state index is 0.173. The van der Waals surface area contributed by atoms with Crippen LogP contribution in [0, 0.1) is 11.6 Å². The molecule has 0 radical (unpaired) electrons. The number of anilines is 1. The Bertz CT molecular complexity index is 746. The Kier molecular flexibility index (Phi) is 5.93. The van der Waals surface area contributed by atoms with E-state index in [-0.39, 0.29) is 11.6 Å². The molecule has 2 saturated heterocycles. The van der Waals surface area contributed by atoms with E-state index in [2.05, 4.69) is 21.6 Å². The van der Waals surface area contributed by atoms with Crippen LogP contribution in [0.2, 0.25) is 0 Å². The van der Waals surface area contributed by atoms with Gasteiger partial charge in [-0.1, -0.05) is 12.1 Å². The normalized spacial score (nSPS) is 21.0. The van der Waals surface area contributed by atoms with Crippen LogP contribution in [0.4, 0.5) is 14.5 Å². The van der Waals surface area contributed by atoms with Crippen molar-refractivity contribution in [2.45, 2.75) is 31.8 Å². The first kappa shape index (κ1) is 19.3. The van der Waals surface area contributed by atoms with Crippen molar-refractivity contribution in [3.8, 4) is 0 Å². The van der Waals surface area contributed by atoms with Gasteiger partial charge in [-0.2, -0.15) is 0 Å². The Morgan fingerprint density at radius 1 is 0.750 bits per heavy atom. The zero-order valence-electron chi connectivity index (χ0n) is 16.5. The lowest BCUT2D eigenvalue weighted by molar-refractivity contribution is 0.0649. The zero-order valence-corrected chi connectivity index (χ0v) is 16.5. The number of hydrogen-bond donors (Lipinski definition) is 0. The van der Waals surface area contributed by atoms with Gasteiger partial charge in [0, 0.05) is 57.0 Å². The van der Waals surface area contributed by atoms with Gasteiger partial charge in [0.25, 0.3) is 0 Å². The highest BCUT2D eigenvalue weighted by atomic mass is 19.1. The van der Waals surface area contributed by atoms with Crippen molar-refractivity contribution in [3.05, 3.63) is 65.7 Å². The second-order valence-corrected chi connectivity index (χ2v) is 7.99. The molecule has 0 amide bonds. The molecule has 0 aliphatic carbocycles. The minimum Gasteiger partial charge on any atom is -0.371 e. The third-order valence-corrected chi connectivity index (χ3v) is 6.42. The predicted octanol–water partition coefficient (Wildman–Crippen LogP) is 4.31. The second-order valence-electron chi connectivity index (χ2n) is 7.99. The van der Waals surface area contributed by atoms with Crippen LogP contribution in [0.5, 0.6) is 0 Å². The molecule has 0 saturated carbocycles. The molecule has 5 heteroatoms. The first-order valence-corrected chi connectivity index (χ1v) is 10.3. The molecule has 0 aromatic heterocycles. The molecular formula is C23H29F2N3. The van der Waals surface area contributed by atoms with Crippen molar-refractivity contribution in [2.75, 3.05) is 44.2 Å². The summed E-state index contributed by atoms with van der Waals surface area (Å²) in [5.41, 5.74) is 2.31. The summed E-state index contributed by atoms with van der Waals surface area (Å²) in [4.78, 5) is 7.50. The van der Waals surface area contributed by atoms with E-state index < -0.39 is 0 Å². The highest BCUT2D eigenvalue weighted by molar-refractivity contribution is 5.46. The van der Waals surface area contributed by atoms with Crippen LogP contribution in [-0.2, 0) is 0 Å². The topological polar surface area (TPSA) is 9.72 Å². The molecule has 150 valence electrons. The SMILES string of the molecule is CC(c1ccc(F)cc1)N1CCN(C2CCN(c3ccc(F)cc3)CC2)CC1. The van der Waals surface area contributed by atoms with Crippen LogP contribution >= 0.6 is 0 Å². The van der Waals surface area contributed by atoms with Crippen LogP contribution in [0.3, 0.4) is 0 Å². The summed E-state index contributed by atoms with van der Waals surface area (Å²) in [6.45, 7) is 8.56. The molecule has 2 aromatic carbocycles. The number of benzene rings is 2. The molecule has 2 aromatic rings.